The molecule has 21 heavy (non-hydrogen) atoms. The summed E-state index contributed by atoms with van der Waals surface area (Å²) in [5, 5.41) is 12.9. The Bertz CT molecular complexity index is 706. The fourth-order valence-electron chi connectivity index (χ4n) is 2.96. The number of amides is 1. The number of aromatic hydroxyl groups is 1. The molecule has 3 heteroatoms. The molecule has 0 aromatic heterocycles. The number of hydrogen-bond acceptors (Lipinski definition) is 2. The number of rotatable bonds is 2. The SMILES string of the molecule is Cc1ccc2c(c1)CC[C@H]2NC(=O)c1cc(C)ccc1O. The highest BCUT2D eigenvalue weighted by Gasteiger charge is 2.25. The molecule has 2 aromatic rings. The fourth-order valence-corrected chi connectivity index (χ4v) is 2.96. The zero-order chi connectivity index (χ0) is 15.0. The Morgan fingerprint density at radius 1 is 1.14 bits per heavy atom. The summed E-state index contributed by atoms with van der Waals surface area (Å²) in [6.45, 7) is 3.99. The lowest BCUT2D eigenvalue weighted by atomic mass is 10.0. The number of fused-ring (bicyclic) bond motifs is 1. The van der Waals surface area contributed by atoms with Crippen molar-refractivity contribution in [1.82, 2.24) is 5.32 Å². The Morgan fingerprint density at radius 3 is 2.67 bits per heavy atom. The zero-order valence-electron chi connectivity index (χ0n) is 12.3. The van der Waals surface area contributed by atoms with Gasteiger partial charge in [-0.3, -0.25) is 4.79 Å². The molecule has 3 nitrogen and oxygen atoms in total. The lowest BCUT2D eigenvalue weighted by molar-refractivity contribution is 0.0934. The van der Waals surface area contributed by atoms with E-state index in [4.69, 9.17) is 0 Å². The van der Waals surface area contributed by atoms with Crippen molar-refractivity contribution in [3.63, 3.8) is 0 Å². The van der Waals surface area contributed by atoms with Gasteiger partial charge in [0.1, 0.15) is 5.75 Å². The minimum Gasteiger partial charge on any atom is -0.507 e. The van der Waals surface area contributed by atoms with Crippen molar-refractivity contribution < 1.29 is 9.90 Å². The second-order valence-electron chi connectivity index (χ2n) is 5.79. The van der Waals surface area contributed by atoms with Crippen molar-refractivity contribution in [2.24, 2.45) is 0 Å². The highest BCUT2D eigenvalue weighted by molar-refractivity contribution is 5.97. The molecule has 0 fully saturated rings. The van der Waals surface area contributed by atoms with Crippen LogP contribution in [-0.2, 0) is 6.42 Å². The van der Waals surface area contributed by atoms with Gasteiger partial charge in [0.15, 0.2) is 0 Å². The zero-order valence-corrected chi connectivity index (χ0v) is 12.3. The molecule has 2 aromatic carbocycles. The van der Waals surface area contributed by atoms with E-state index in [1.807, 2.05) is 6.92 Å². The maximum Gasteiger partial charge on any atom is 0.255 e. The average molecular weight is 281 g/mol. The summed E-state index contributed by atoms with van der Waals surface area (Å²) in [4.78, 5) is 12.4. The molecule has 1 atom stereocenters. The third-order valence-electron chi connectivity index (χ3n) is 4.08. The van der Waals surface area contributed by atoms with Gasteiger partial charge in [0.25, 0.3) is 5.91 Å². The molecule has 0 radical (unpaired) electrons. The Morgan fingerprint density at radius 2 is 1.86 bits per heavy atom. The van der Waals surface area contributed by atoms with Crippen molar-refractivity contribution in [3.8, 4) is 5.75 Å². The lowest BCUT2D eigenvalue weighted by Gasteiger charge is -2.15. The van der Waals surface area contributed by atoms with Gasteiger partial charge in [0.2, 0.25) is 0 Å². The second kappa shape index (κ2) is 5.24. The summed E-state index contributed by atoms with van der Waals surface area (Å²) in [6, 6.07) is 11.5. The molecule has 108 valence electrons. The highest BCUT2D eigenvalue weighted by atomic mass is 16.3. The molecule has 0 saturated heterocycles. The summed E-state index contributed by atoms with van der Waals surface area (Å²) in [5.74, 6) is -0.185. The van der Waals surface area contributed by atoms with Gasteiger partial charge in [-0.25, -0.2) is 0 Å². The van der Waals surface area contributed by atoms with E-state index in [9.17, 15) is 9.90 Å². The van der Waals surface area contributed by atoms with Crippen LogP contribution in [0.25, 0.3) is 0 Å². The Kier molecular flexibility index (Phi) is 3.42. The van der Waals surface area contributed by atoms with E-state index in [2.05, 4.69) is 30.4 Å². The van der Waals surface area contributed by atoms with E-state index in [1.165, 1.54) is 16.7 Å². The third kappa shape index (κ3) is 2.64. The van der Waals surface area contributed by atoms with E-state index >= 15 is 0 Å². The van der Waals surface area contributed by atoms with E-state index in [0.717, 1.165) is 18.4 Å². The summed E-state index contributed by atoms with van der Waals surface area (Å²) >= 11 is 0. The third-order valence-corrected chi connectivity index (χ3v) is 4.08. The first-order valence-electron chi connectivity index (χ1n) is 7.24. The Labute approximate surface area is 124 Å². The molecule has 1 amide bonds. The van der Waals surface area contributed by atoms with Gasteiger partial charge in [-0.2, -0.15) is 0 Å². The first-order valence-corrected chi connectivity index (χ1v) is 7.24. The summed E-state index contributed by atoms with van der Waals surface area (Å²) in [5.41, 5.74) is 5.06. The lowest BCUT2D eigenvalue weighted by Crippen LogP contribution is -2.27. The molecule has 3 rings (SSSR count). The molecule has 1 aliphatic carbocycles. The number of benzene rings is 2. The number of hydrogen-bond donors (Lipinski definition) is 2. The Balaban J connectivity index is 1.82. The van der Waals surface area contributed by atoms with Crippen molar-refractivity contribution in [2.75, 3.05) is 0 Å². The molecular weight excluding hydrogens is 262 g/mol. The van der Waals surface area contributed by atoms with Crippen LogP contribution in [0.2, 0.25) is 0 Å². The average Bonchev–Trinajstić information content (AvgIpc) is 2.83. The minimum atomic E-state index is -0.213. The maximum atomic E-state index is 12.4. The van der Waals surface area contributed by atoms with Gasteiger partial charge in [-0.15, -0.1) is 0 Å². The molecule has 0 unspecified atom stereocenters. The summed E-state index contributed by atoms with van der Waals surface area (Å²) in [6.07, 6.45) is 1.90. The molecule has 0 bridgehead atoms. The smallest absolute Gasteiger partial charge is 0.255 e. The Hall–Kier alpha value is -2.29. The van der Waals surface area contributed by atoms with Crippen molar-refractivity contribution in [2.45, 2.75) is 32.7 Å². The van der Waals surface area contributed by atoms with Crippen LogP contribution in [0.1, 0.15) is 45.1 Å². The van der Waals surface area contributed by atoms with E-state index in [1.54, 1.807) is 18.2 Å². The van der Waals surface area contributed by atoms with Crippen LogP contribution < -0.4 is 5.32 Å². The van der Waals surface area contributed by atoms with E-state index < -0.39 is 0 Å². The highest BCUT2D eigenvalue weighted by Crippen LogP contribution is 2.32. The van der Waals surface area contributed by atoms with Crippen LogP contribution in [-0.4, -0.2) is 11.0 Å². The maximum absolute atomic E-state index is 12.4. The second-order valence-corrected chi connectivity index (χ2v) is 5.79. The molecule has 0 spiro atoms. The van der Waals surface area contributed by atoms with Crippen LogP contribution in [0.5, 0.6) is 5.75 Å². The number of phenols is 1. The molecule has 0 saturated carbocycles. The van der Waals surface area contributed by atoms with E-state index in [-0.39, 0.29) is 17.7 Å². The predicted molar refractivity (Wildman–Crippen MR) is 82.6 cm³/mol. The van der Waals surface area contributed by atoms with Gasteiger partial charge in [0, 0.05) is 0 Å². The summed E-state index contributed by atoms with van der Waals surface area (Å²) < 4.78 is 0. The quantitative estimate of drug-likeness (QED) is 0.886. The normalized spacial score (nSPS) is 16.6. The number of carbonyl (C=O) groups excluding carboxylic acids is 1. The van der Waals surface area contributed by atoms with Crippen molar-refractivity contribution in [1.29, 1.82) is 0 Å². The van der Waals surface area contributed by atoms with Crippen LogP contribution in [0.15, 0.2) is 36.4 Å². The van der Waals surface area contributed by atoms with Gasteiger partial charge in [-0.05, 0) is 49.9 Å². The predicted octanol–water partition coefficient (Wildman–Crippen LogP) is 3.43. The van der Waals surface area contributed by atoms with Crippen LogP contribution in [0, 0.1) is 13.8 Å². The molecule has 2 N–H and O–H groups in total. The fraction of sp³-hybridized carbons (Fsp3) is 0.278. The molecule has 1 aliphatic rings. The van der Waals surface area contributed by atoms with Gasteiger partial charge >= 0.3 is 0 Å². The summed E-state index contributed by atoms with van der Waals surface area (Å²) in [7, 11) is 0. The number of phenolic OH excluding ortho intramolecular Hbond substituents is 1. The number of aryl methyl sites for hydroxylation is 3. The van der Waals surface area contributed by atoms with Crippen LogP contribution in [0.3, 0.4) is 0 Å². The van der Waals surface area contributed by atoms with Crippen LogP contribution in [0.4, 0.5) is 0 Å². The van der Waals surface area contributed by atoms with E-state index in [0.29, 0.717) is 5.56 Å². The molecule has 0 heterocycles. The largest absolute Gasteiger partial charge is 0.507 e. The van der Waals surface area contributed by atoms with Gasteiger partial charge < -0.3 is 10.4 Å². The first-order chi connectivity index (χ1) is 10.0. The minimum absolute atomic E-state index is 0.0280. The topological polar surface area (TPSA) is 49.3 Å². The monoisotopic (exact) mass is 281 g/mol. The van der Waals surface area contributed by atoms with Crippen molar-refractivity contribution >= 4 is 5.91 Å². The van der Waals surface area contributed by atoms with Gasteiger partial charge in [-0.1, -0.05) is 35.4 Å². The molecular formula is C18H19NO2. The first kappa shape index (κ1) is 13.7. The number of nitrogens with one attached hydrogen (secondary N) is 1. The molecule has 0 aliphatic heterocycles. The van der Waals surface area contributed by atoms with Gasteiger partial charge in [0.05, 0.1) is 11.6 Å². The standard InChI is InChI=1S/C18H19NO2/c1-11-3-6-14-13(9-11)5-7-16(14)19-18(21)15-10-12(2)4-8-17(15)20/h3-4,6,8-10,16,20H,5,7H2,1-2H3,(H,19,21)/t16-/m1/s1. The van der Waals surface area contributed by atoms with Crippen molar-refractivity contribution in [3.05, 3.63) is 64.2 Å². The van der Waals surface area contributed by atoms with Crippen LogP contribution >= 0.6 is 0 Å². The number of carbonyl (C=O) groups is 1.